The summed E-state index contributed by atoms with van der Waals surface area (Å²) in [5.74, 6) is 0.243. The van der Waals surface area contributed by atoms with Crippen LogP contribution in [0, 0.1) is 5.92 Å². The molecule has 0 aliphatic heterocycles. The highest BCUT2D eigenvalue weighted by atomic mass is 16.2. The normalized spacial score (nSPS) is 11.1. The van der Waals surface area contributed by atoms with E-state index in [9.17, 15) is 14.4 Å². The molecule has 0 saturated carbocycles. The second-order valence-corrected chi connectivity index (χ2v) is 8.40. The zero-order valence-electron chi connectivity index (χ0n) is 19.2. The molecule has 0 aliphatic carbocycles. The minimum Gasteiger partial charge on any atom is -0.383 e. The summed E-state index contributed by atoms with van der Waals surface area (Å²) in [6, 6.07) is 8.22. The van der Waals surface area contributed by atoms with Crippen molar-refractivity contribution >= 4 is 17.4 Å². The van der Waals surface area contributed by atoms with Crippen LogP contribution in [-0.4, -0.2) is 22.0 Å². The second kappa shape index (κ2) is 11.5. The highest BCUT2D eigenvalue weighted by Crippen LogP contribution is 2.20. The minimum atomic E-state index is -0.611. The van der Waals surface area contributed by atoms with Crippen LogP contribution in [0.1, 0.15) is 64.5 Å². The predicted molar refractivity (Wildman–Crippen MR) is 127 cm³/mol. The van der Waals surface area contributed by atoms with Crippen LogP contribution >= 0.6 is 0 Å². The van der Waals surface area contributed by atoms with Crippen LogP contribution in [0.2, 0.25) is 0 Å². The zero-order valence-corrected chi connectivity index (χ0v) is 19.2. The first-order valence-corrected chi connectivity index (χ1v) is 11.3. The number of nitrogens with zero attached hydrogens (tertiary/aromatic N) is 2. The van der Waals surface area contributed by atoms with Crippen LogP contribution in [0.3, 0.4) is 0 Å². The number of benzene rings is 1. The number of nitrogens with one attached hydrogen (secondary N) is 1. The van der Waals surface area contributed by atoms with Gasteiger partial charge < -0.3 is 10.6 Å². The summed E-state index contributed by atoms with van der Waals surface area (Å²) in [6.07, 6.45) is 4.17. The molecule has 0 unspecified atom stereocenters. The Morgan fingerprint density at radius 1 is 1.13 bits per heavy atom. The number of aromatic nitrogens is 2. The van der Waals surface area contributed by atoms with Crippen molar-refractivity contribution < 1.29 is 4.79 Å². The van der Waals surface area contributed by atoms with Gasteiger partial charge in [0.25, 0.3) is 5.56 Å². The number of nitrogens with two attached hydrogens (primary N) is 1. The molecule has 1 aromatic heterocycles. The van der Waals surface area contributed by atoms with Crippen molar-refractivity contribution in [2.45, 2.75) is 72.8 Å². The van der Waals surface area contributed by atoms with Gasteiger partial charge in [-0.3, -0.25) is 19.1 Å². The van der Waals surface area contributed by atoms with E-state index in [1.807, 2.05) is 19.1 Å². The van der Waals surface area contributed by atoms with Gasteiger partial charge in [0, 0.05) is 19.5 Å². The molecule has 0 saturated heterocycles. The third-order valence-electron chi connectivity index (χ3n) is 5.51. The predicted octanol–water partition coefficient (Wildman–Crippen LogP) is 3.49. The Morgan fingerprint density at radius 3 is 2.35 bits per heavy atom. The minimum absolute atomic E-state index is 0.0617. The molecule has 0 aliphatic rings. The standard InChI is InChI=1S/C24H36N4O3/c1-5-7-15-28-22(25)21(23(30)26-24(28)31)27(16-14-17(3)4)20(29)13-12-19-10-8-18(6-2)9-11-19/h8-11,17H,5-7,12-16,25H2,1-4H3,(H,26,30,31). The summed E-state index contributed by atoms with van der Waals surface area (Å²) < 4.78 is 1.36. The van der Waals surface area contributed by atoms with Crippen molar-refractivity contribution in [2.75, 3.05) is 17.2 Å². The van der Waals surface area contributed by atoms with E-state index in [1.165, 1.54) is 15.0 Å². The number of unbranched alkanes of at least 4 members (excludes halogenated alkanes) is 1. The lowest BCUT2D eigenvalue weighted by atomic mass is 10.1. The zero-order chi connectivity index (χ0) is 23.0. The van der Waals surface area contributed by atoms with E-state index >= 15 is 0 Å². The first-order chi connectivity index (χ1) is 14.8. The number of aromatic amines is 1. The van der Waals surface area contributed by atoms with Crippen LogP contribution < -0.4 is 21.9 Å². The number of hydrogen-bond acceptors (Lipinski definition) is 4. The lowest BCUT2D eigenvalue weighted by Gasteiger charge is -2.25. The van der Waals surface area contributed by atoms with Gasteiger partial charge in [-0.05, 0) is 42.7 Å². The van der Waals surface area contributed by atoms with E-state index in [0.717, 1.165) is 31.2 Å². The fourth-order valence-corrected chi connectivity index (χ4v) is 3.45. The third kappa shape index (κ3) is 6.57. The van der Waals surface area contributed by atoms with Gasteiger partial charge in [0.1, 0.15) is 5.82 Å². The van der Waals surface area contributed by atoms with E-state index in [1.54, 1.807) is 0 Å². The van der Waals surface area contributed by atoms with Crippen molar-refractivity contribution in [2.24, 2.45) is 5.92 Å². The molecular formula is C24H36N4O3. The molecule has 0 fully saturated rings. The Balaban J connectivity index is 2.33. The van der Waals surface area contributed by atoms with Gasteiger partial charge in [0.05, 0.1) is 0 Å². The van der Waals surface area contributed by atoms with Gasteiger partial charge in [0.15, 0.2) is 5.69 Å². The molecule has 1 heterocycles. The quantitative estimate of drug-likeness (QED) is 0.572. The number of nitrogen functional groups attached to an aromatic ring is 1. The molecule has 0 spiro atoms. The van der Waals surface area contributed by atoms with Crippen LogP contribution in [0.15, 0.2) is 33.9 Å². The number of carbonyl (C=O) groups excluding carboxylic acids is 1. The number of rotatable bonds is 11. The van der Waals surface area contributed by atoms with Crippen molar-refractivity contribution in [1.29, 1.82) is 0 Å². The monoisotopic (exact) mass is 428 g/mol. The summed E-state index contributed by atoms with van der Waals surface area (Å²) in [7, 11) is 0. The number of amides is 1. The van der Waals surface area contributed by atoms with E-state index < -0.39 is 11.2 Å². The van der Waals surface area contributed by atoms with E-state index in [4.69, 9.17) is 5.73 Å². The molecule has 7 nitrogen and oxygen atoms in total. The molecule has 1 amide bonds. The maximum absolute atomic E-state index is 13.2. The molecule has 0 atom stereocenters. The first-order valence-electron chi connectivity index (χ1n) is 11.3. The maximum Gasteiger partial charge on any atom is 0.330 e. The molecule has 0 bridgehead atoms. The summed E-state index contributed by atoms with van der Waals surface area (Å²) in [4.78, 5) is 42.0. The SMILES string of the molecule is CCCCn1c(N)c(N(CCC(C)C)C(=O)CCc2ccc(CC)cc2)c(=O)[nH]c1=O. The molecule has 1 aromatic carbocycles. The number of carbonyl (C=O) groups is 1. The van der Waals surface area contributed by atoms with Crippen molar-refractivity contribution in [3.63, 3.8) is 0 Å². The highest BCUT2D eigenvalue weighted by molar-refractivity contribution is 5.95. The van der Waals surface area contributed by atoms with Crippen molar-refractivity contribution in [3.05, 3.63) is 56.2 Å². The van der Waals surface area contributed by atoms with Crippen LogP contribution in [0.25, 0.3) is 0 Å². The third-order valence-corrected chi connectivity index (χ3v) is 5.51. The summed E-state index contributed by atoms with van der Waals surface area (Å²) >= 11 is 0. The van der Waals surface area contributed by atoms with Gasteiger partial charge in [-0.1, -0.05) is 58.4 Å². The number of hydrogen-bond donors (Lipinski definition) is 2. The molecule has 31 heavy (non-hydrogen) atoms. The Labute approximate surface area is 184 Å². The van der Waals surface area contributed by atoms with Gasteiger partial charge in [0.2, 0.25) is 5.91 Å². The van der Waals surface area contributed by atoms with Crippen LogP contribution in [0.5, 0.6) is 0 Å². The Bertz CT molecular complexity index is 974. The van der Waals surface area contributed by atoms with Gasteiger partial charge in [-0.2, -0.15) is 0 Å². The average molecular weight is 429 g/mol. The Hall–Kier alpha value is -2.83. The molecule has 3 N–H and O–H groups in total. The average Bonchev–Trinajstić information content (AvgIpc) is 2.74. The number of H-pyrrole nitrogens is 1. The molecular weight excluding hydrogens is 392 g/mol. The van der Waals surface area contributed by atoms with Gasteiger partial charge in [-0.15, -0.1) is 0 Å². The lowest BCUT2D eigenvalue weighted by molar-refractivity contribution is -0.118. The van der Waals surface area contributed by atoms with E-state index in [0.29, 0.717) is 25.4 Å². The number of aryl methyl sites for hydroxylation is 2. The number of anilines is 2. The topological polar surface area (TPSA) is 101 Å². The van der Waals surface area contributed by atoms with Gasteiger partial charge in [-0.25, -0.2) is 4.79 Å². The van der Waals surface area contributed by atoms with Crippen molar-refractivity contribution in [3.8, 4) is 0 Å². The van der Waals surface area contributed by atoms with Crippen molar-refractivity contribution in [1.82, 2.24) is 9.55 Å². The molecule has 0 radical (unpaired) electrons. The largest absolute Gasteiger partial charge is 0.383 e. The van der Waals surface area contributed by atoms with Gasteiger partial charge >= 0.3 is 5.69 Å². The summed E-state index contributed by atoms with van der Waals surface area (Å²) in [5.41, 5.74) is 7.52. The first kappa shape index (κ1) is 24.4. The highest BCUT2D eigenvalue weighted by Gasteiger charge is 2.24. The Kier molecular flexibility index (Phi) is 9.09. The summed E-state index contributed by atoms with van der Waals surface area (Å²) in [5, 5.41) is 0. The van der Waals surface area contributed by atoms with Crippen LogP contribution in [-0.2, 0) is 24.2 Å². The van der Waals surface area contributed by atoms with E-state index in [-0.39, 0.29) is 23.8 Å². The summed E-state index contributed by atoms with van der Waals surface area (Å²) in [6.45, 7) is 9.03. The molecule has 2 aromatic rings. The molecule has 170 valence electrons. The molecule has 2 rings (SSSR count). The lowest BCUT2D eigenvalue weighted by Crippen LogP contribution is -2.42. The fourth-order valence-electron chi connectivity index (χ4n) is 3.45. The second-order valence-electron chi connectivity index (χ2n) is 8.40. The smallest absolute Gasteiger partial charge is 0.330 e. The molecule has 7 heteroatoms. The Morgan fingerprint density at radius 2 is 1.77 bits per heavy atom. The van der Waals surface area contributed by atoms with Crippen LogP contribution in [0.4, 0.5) is 11.5 Å². The maximum atomic E-state index is 13.2. The fraction of sp³-hybridized carbons (Fsp3) is 0.542. The van der Waals surface area contributed by atoms with E-state index in [2.05, 4.69) is 37.9 Å².